The molecule has 11 nitrogen and oxygen atoms in total. The van der Waals surface area contributed by atoms with Gasteiger partial charge in [-0.3, -0.25) is 10.3 Å². The standard InChI is InChI=1S/C29H24ClF2N7O4S/c1-29(2,3)43-27(40)37-26-36-23-16(4-5-19(31)25(23)44-26)20-18(30)10-17-22(21(20)32)35-12-14(11-34)24(17)38-8-9-39(28(41)42)15(13-38)6-7-33/h4-5,10,12,15H,6,8-9,13H2,1-3H3,(H,41,42)(H,36,37,40)/t15-/m0/s1. The van der Waals surface area contributed by atoms with Crippen LogP contribution in [0.1, 0.15) is 32.8 Å². The van der Waals surface area contributed by atoms with E-state index in [1.807, 2.05) is 6.07 Å². The normalized spacial score (nSPS) is 15.2. The summed E-state index contributed by atoms with van der Waals surface area (Å²) in [6.45, 7) is 5.38. The number of nitrogens with one attached hydrogen (secondary N) is 1. The summed E-state index contributed by atoms with van der Waals surface area (Å²) in [7, 11) is 0. The SMILES string of the molecule is CC(C)(C)OC(=O)Nc1nc2c(-c3c(Cl)cc4c(N5CCN(C(=O)O)[C@@H](CC#N)C5)c(C#N)cnc4c3F)ccc(F)c2s1. The number of rotatable bonds is 4. The third-order valence-corrected chi connectivity index (χ3v) is 8.17. The van der Waals surface area contributed by atoms with Crippen molar-refractivity contribution in [2.24, 2.45) is 0 Å². The van der Waals surface area contributed by atoms with Gasteiger partial charge in [-0.25, -0.2) is 23.4 Å². The molecule has 0 unspecified atom stereocenters. The Morgan fingerprint density at radius 2 is 2.00 bits per heavy atom. The number of amides is 2. The molecule has 2 amide bonds. The zero-order valence-electron chi connectivity index (χ0n) is 23.6. The van der Waals surface area contributed by atoms with Crippen LogP contribution in [0, 0.1) is 34.3 Å². The Bertz CT molecular complexity index is 1910. The molecule has 2 N–H and O–H groups in total. The number of anilines is 2. The fraction of sp³-hybridized carbons (Fsp3) is 0.310. The average molecular weight is 640 g/mol. The number of carbonyl (C=O) groups is 2. The Hall–Kier alpha value is -4.79. The van der Waals surface area contributed by atoms with Crippen LogP contribution in [0.5, 0.6) is 0 Å². The first-order chi connectivity index (χ1) is 20.8. The van der Waals surface area contributed by atoms with Crippen molar-refractivity contribution in [3.63, 3.8) is 0 Å². The molecule has 2 aromatic heterocycles. The van der Waals surface area contributed by atoms with E-state index in [1.165, 1.54) is 23.2 Å². The molecule has 226 valence electrons. The van der Waals surface area contributed by atoms with E-state index in [0.717, 1.165) is 17.4 Å². The molecule has 4 aromatic rings. The predicted octanol–water partition coefficient (Wildman–Crippen LogP) is 6.74. The summed E-state index contributed by atoms with van der Waals surface area (Å²) in [4.78, 5) is 35.5. The van der Waals surface area contributed by atoms with Crippen molar-refractivity contribution >= 4 is 67.1 Å². The number of nitrogens with zero attached hydrogens (tertiary/aromatic N) is 6. The molecule has 0 aliphatic carbocycles. The van der Waals surface area contributed by atoms with Crippen molar-refractivity contribution in [1.82, 2.24) is 14.9 Å². The molecule has 2 aromatic carbocycles. The second-order valence-electron chi connectivity index (χ2n) is 10.9. The van der Waals surface area contributed by atoms with Crippen molar-refractivity contribution in [2.75, 3.05) is 29.9 Å². The van der Waals surface area contributed by atoms with Crippen LogP contribution in [-0.2, 0) is 4.74 Å². The van der Waals surface area contributed by atoms with E-state index in [1.54, 1.807) is 25.7 Å². The van der Waals surface area contributed by atoms with Crippen LogP contribution >= 0.6 is 22.9 Å². The number of piperazine rings is 1. The van der Waals surface area contributed by atoms with Crippen molar-refractivity contribution in [3.8, 4) is 23.3 Å². The van der Waals surface area contributed by atoms with Crippen LogP contribution in [0.15, 0.2) is 24.4 Å². The highest BCUT2D eigenvalue weighted by atomic mass is 35.5. The zero-order chi connectivity index (χ0) is 31.9. The van der Waals surface area contributed by atoms with Gasteiger partial charge >= 0.3 is 12.2 Å². The monoisotopic (exact) mass is 639 g/mol. The summed E-state index contributed by atoms with van der Waals surface area (Å²) >= 11 is 7.53. The highest BCUT2D eigenvalue weighted by Crippen LogP contribution is 2.43. The van der Waals surface area contributed by atoms with Crippen LogP contribution in [0.25, 0.3) is 32.2 Å². The lowest BCUT2D eigenvalue weighted by Gasteiger charge is -2.40. The van der Waals surface area contributed by atoms with Crippen LogP contribution in [-0.4, -0.2) is 63.4 Å². The van der Waals surface area contributed by atoms with Crippen molar-refractivity contribution in [2.45, 2.75) is 38.8 Å². The van der Waals surface area contributed by atoms with Crippen molar-refractivity contribution in [1.29, 1.82) is 10.5 Å². The summed E-state index contributed by atoms with van der Waals surface area (Å²) < 4.78 is 36.6. The van der Waals surface area contributed by atoms with Crippen LogP contribution < -0.4 is 10.2 Å². The van der Waals surface area contributed by atoms with E-state index in [4.69, 9.17) is 16.3 Å². The van der Waals surface area contributed by atoms with Crippen molar-refractivity contribution in [3.05, 3.63) is 46.6 Å². The van der Waals surface area contributed by atoms with Gasteiger partial charge in [0.25, 0.3) is 0 Å². The second-order valence-corrected chi connectivity index (χ2v) is 12.3. The lowest BCUT2D eigenvalue weighted by atomic mass is 9.98. The number of halogens is 3. The average Bonchev–Trinajstić information content (AvgIpc) is 3.37. The topological polar surface area (TPSA) is 155 Å². The molecule has 0 saturated carbocycles. The molecule has 1 saturated heterocycles. The number of hydrogen-bond acceptors (Lipinski definition) is 9. The molecule has 0 bridgehead atoms. The van der Waals surface area contributed by atoms with Gasteiger partial charge in [0.2, 0.25) is 0 Å². The number of thiazole rings is 1. The van der Waals surface area contributed by atoms with Gasteiger partial charge in [-0.1, -0.05) is 22.9 Å². The Balaban J connectivity index is 1.62. The third-order valence-electron chi connectivity index (χ3n) is 6.89. The fourth-order valence-corrected chi connectivity index (χ4v) is 6.31. The summed E-state index contributed by atoms with van der Waals surface area (Å²) in [5.74, 6) is -1.49. The first kappa shape index (κ1) is 30.7. The van der Waals surface area contributed by atoms with Gasteiger partial charge in [-0.15, -0.1) is 0 Å². The van der Waals surface area contributed by atoms with Crippen LogP contribution in [0.4, 0.5) is 29.2 Å². The number of aromatic nitrogens is 2. The Morgan fingerprint density at radius 3 is 2.66 bits per heavy atom. The number of benzene rings is 2. The van der Waals surface area contributed by atoms with Gasteiger partial charge in [-0.2, -0.15) is 10.5 Å². The van der Waals surface area contributed by atoms with Gasteiger partial charge in [0.15, 0.2) is 10.9 Å². The maximum atomic E-state index is 16.4. The molecule has 5 rings (SSSR count). The summed E-state index contributed by atoms with van der Waals surface area (Å²) in [5, 5.41) is 31.4. The molecule has 1 aliphatic heterocycles. The van der Waals surface area contributed by atoms with Crippen molar-refractivity contribution < 1.29 is 28.2 Å². The number of ether oxygens (including phenoxy) is 1. The van der Waals surface area contributed by atoms with E-state index in [2.05, 4.69) is 21.4 Å². The highest BCUT2D eigenvalue weighted by Gasteiger charge is 2.33. The van der Waals surface area contributed by atoms with Crippen LogP contribution in [0.3, 0.4) is 0 Å². The minimum absolute atomic E-state index is 0.0319. The lowest BCUT2D eigenvalue weighted by Crippen LogP contribution is -2.55. The first-order valence-electron chi connectivity index (χ1n) is 13.2. The van der Waals surface area contributed by atoms with E-state index >= 15 is 4.39 Å². The molecule has 44 heavy (non-hydrogen) atoms. The Kier molecular flexibility index (Phi) is 8.16. The molecular weight excluding hydrogens is 616 g/mol. The molecular formula is C29H24ClF2N7O4S. The number of fused-ring (bicyclic) bond motifs is 2. The minimum atomic E-state index is -1.17. The highest BCUT2D eigenvalue weighted by molar-refractivity contribution is 7.22. The molecule has 1 atom stereocenters. The molecule has 0 radical (unpaired) electrons. The smallest absolute Gasteiger partial charge is 0.413 e. The number of nitriles is 2. The van der Waals surface area contributed by atoms with Crippen LogP contribution in [0.2, 0.25) is 5.02 Å². The summed E-state index contributed by atoms with van der Waals surface area (Å²) in [6.07, 6.45) is -0.820. The summed E-state index contributed by atoms with van der Waals surface area (Å²) in [6, 6.07) is 7.28. The van der Waals surface area contributed by atoms with Gasteiger partial charge in [0.1, 0.15) is 23.0 Å². The number of carbonyl (C=O) groups excluding carboxylic acids is 1. The van der Waals surface area contributed by atoms with E-state index in [9.17, 15) is 29.6 Å². The maximum absolute atomic E-state index is 16.4. The molecule has 1 aliphatic rings. The first-order valence-corrected chi connectivity index (χ1v) is 14.4. The molecule has 15 heteroatoms. The second kappa shape index (κ2) is 11.7. The fourth-order valence-electron chi connectivity index (χ4n) is 5.13. The van der Waals surface area contributed by atoms with Gasteiger partial charge in [0.05, 0.1) is 45.0 Å². The maximum Gasteiger partial charge on any atom is 0.413 e. The third kappa shape index (κ3) is 5.74. The predicted molar refractivity (Wildman–Crippen MR) is 161 cm³/mol. The van der Waals surface area contributed by atoms with E-state index in [0.29, 0.717) is 5.69 Å². The van der Waals surface area contributed by atoms with Gasteiger partial charge in [0, 0.05) is 42.3 Å². The van der Waals surface area contributed by atoms with E-state index in [-0.39, 0.29) is 74.0 Å². The molecule has 3 heterocycles. The number of hydrogen-bond donors (Lipinski definition) is 2. The Labute approximate surface area is 258 Å². The lowest BCUT2D eigenvalue weighted by molar-refractivity contribution is 0.0635. The Morgan fingerprint density at radius 1 is 1.25 bits per heavy atom. The number of pyridine rings is 1. The minimum Gasteiger partial charge on any atom is -0.465 e. The molecule has 1 fully saturated rings. The summed E-state index contributed by atoms with van der Waals surface area (Å²) in [5.41, 5.74) is -0.400. The van der Waals surface area contributed by atoms with Gasteiger partial charge in [-0.05, 0) is 39.0 Å². The number of carboxylic acid groups (broad SMARTS) is 1. The van der Waals surface area contributed by atoms with Gasteiger partial charge < -0.3 is 19.6 Å². The zero-order valence-corrected chi connectivity index (χ0v) is 25.2. The largest absolute Gasteiger partial charge is 0.465 e. The quantitative estimate of drug-likeness (QED) is 0.247. The van der Waals surface area contributed by atoms with E-state index < -0.39 is 35.5 Å². The molecule has 0 spiro atoms.